The molecule has 0 aliphatic carbocycles. The second kappa shape index (κ2) is 12.9. The zero-order chi connectivity index (χ0) is 26.2. The number of aromatic nitrogens is 1. The fourth-order valence-corrected chi connectivity index (χ4v) is 4.59. The van der Waals surface area contributed by atoms with Gasteiger partial charge in [-0.2, -0.15) is 0 Å². The maximum Gasteiger partial charge on any atom is 0.331 e. The fourth-order valence-electron chi connectivity index (χ4n) is 3.29. The van der Waals surface area contributed by atoms with E-state index in [1.165, 1.54) is 25.1 Å². The minimum Gasteiger partial charge on any atom is -0.490 e. The Hall–Kier alpha value is -2.94. The molecule has 190 valence electrons. The summed E-state index contributed by atoms with van der Waals surface area (Å²) in [7, 11) is 0. The van der Waals surface area contributed by atoms with Gasteiger partial charge in [-0.3, -0.25) is 10.1 Å². The van der Waals surface area contributed by atoms with Gasteiger partial charge in [-0.15, -0.1) is 11.3 Å². The highest BCUT2D eigenvalue weighted by Crippen LogP contribution is 2.33. The normalized spacial score (nSPS) is 11.4. The lowest BCUT2D eigenvalue weighted by atomic mass is 10.1. The van der Waals surface area contributed by atoms with Crippen LogP contribution in [0, 0.1) is 5.82 Å². The molecule has 3 aromatic rings. The van der Waals surface area contributed by atoms with Gasteiger partial charge in [-0.1, -0.05) is 55.5 Å². The molecule has 1 amide bonds. The average molecular weight is 551 g/mol. The molecule has 0 unspecified atom stereocenters. The topological polar surface area (TPSA) is 88.5 Å². The first-order valence-electron chi connectivity index (χ1n) is 11.3. The summed E-state index contributed by atoms with van der Waals surface area (Å²) in [5.74, 6) is -1.96. The summed E-state index contributed by atoms with van der Waals surface area (Å²) in [5, 5.41) is 13.9. The summed E-state index contributed by atoms with van der Waals surface area (Å²) < 4.78 is 20.6. The monoisotopic (exact) mass is 550 g/mol. The van der Waals surface area contributed by atoms with Crippen LogP contribution in [0.5, 0.6) is 5.75 Å². The van der Waals surface area contributed by atoms with E-state index in [1.807, 2.05) is 0 Å². The van der Waals surface area contributed by atoms with E-state index in [9.17, 15) is 9.59 Å². The van der Waals surface area contributed by atoms with Crippen molar-refractivity contribution in [2.24, 2.45) is 0 Å². The number of carbonyl (C=O) groups is 2. The lowest BCUT2D eigenvalue weighted by Gasteiger charge is -2.09. The third-order valence-corrected chi connectivity index (χ3v) is 6.64. The molecular weight excluding hydrogens is 526 g/mol. The molecule has 0 spiro atoms. The number of unbranched alkanes of at least 4 members (excludes halogenated alkanes) is 3. The first-order valence-corrected chi connectivity index (χ1v) is 12.9. The number of aliphatic carboxylic acids is 1. The predicted molar refractivity (Wildman–Crippen MR) is 143 cm³/mol. The van der Waals surface area contributed by atoms with Crippen LogP contribution in [-0.4, -0.2) is 28.6 Å². The molecule has 0 fully saturated rings. The van der Waals surface area contributed by atoms with E-state index in [2.05, 4.69) is 17.2 Å². The molecule has 36 heavy (non-hydrogen) atoms. The summed E-state index contributed by atoms with van der Waals surface area (Å²) in [6.45, 7) is 3.97. The largest absolute Gasteiger partial charge is 0.490 e. The van der Waals surface area contributed by atoms with E-state index >= 15 is 4.39 Å². The van der Waals surface area contributed by atoms with Gasteiger partial charge >= 0.3 is 5.97 Å². The van der Waals surface area contributed by atoms with Crippen LogP contribution in [0.1, 0.15) is 55.5 Å². The van der Waals surface area contributed by atoms with Crippen LogP contribution in [0.25, 0.3) is 17.3 Å². The molecule has 2 aromatic carbocycles. The number of halogens is 3. The van der Waals surface area contributed by atoms with E-state index in [-0.39, 0.29) is 37.6 Å². The van der Waals surface area contributed by atoms with Crippen LogP contribution < -0.4 is 10.1 Å². The van der Waals surface area contributed by atoms with E-state index in [4.69, 9.17) is 33.0 Å². The SMILES string of the molecule is CCCCCCOc1cccc(-c2csc(NC(=O)c3cc(Cl)c(C=C(C)C(=O)O)c(Cl)c3)n2)c1F. The Morgan fingerprint density at radius 3 is 2.58 bits per heavy atom. The van der Waals surface area contributed by atoms with Crippen molar-refractivity contribution in [2.75, 3.05) is 11.9 Å². The van der Waals surface area contributed by atoms with Gasteiger partial charge in [0, 0.05) is 27.6 Å². The quantitative estimate of drug-likeness (QED) is 0.187. The Bertz CT molecular complexity index is 1270. The van der Waals surface area contributed by atoms with Gasteiger partial charge in [-0.25, -0.2) is 14.2 Å². The second-order valence-electron chi connectivity index (χ2n) is 8.00. The highest BCUT2D eigenvalue weighted by atomic mass is 35.5. The molecule has 0 atom stereocenters. The van der Waals surface area contributed by atoms with Gasteiger partial charge in [0.1, 0.15) is 0 Å². The molecule has 0 radical (unpaired) electrons. The molecule has 3 rings (SSSR count). The summed E-state index contributed by atoms with van der Waals surface area (Å²) in [5.41, 5.74) is 1.15. The molecule has 1 heterocycles. The number of anilines is 1. The molecule has 6 nitrogen and oxygen atoms in total. The number of carbonyl (C=O) groups excluding carboxylic acids is 1. The van der Waals surface area contributed by atoms with Crippen molar-refractivity contribution in [2.45, 2.75) is 39.5 Å². The molecular formula is C26H25Cl2FN2O4S. The number of nitrogens with one attached hydrogen (secondary N) is 1. The van der Waals surface area contributed by atoms with E-state index in [1.54, 1.807) is 23.6 Å². The van der Waals surface area contributed by atoms with Crippen LogP contribution in [0.4, 0.5) is 9.52 Å². The molecule has 10 heteroatoms. The highest BCUT2D eigenvalue weighted by molar-refractivity contribution is 7.14. The first-order chi connectivity index (χ1) is 17.2. The molecule has 0 bridgehead atoms. The molecule has 2 N–H and O–H groups in total. The predicted octanol–water partition coefficient (Wildman–Crippen LogP) is 7.96. The highest BCUT2D eigenvalue weighted by Gasteiger charge is 2.17. The number of hydrogen-bond donors (Lipinski definition) is 2. The van der Waals surface area contributed by atoms with E-state index in [0.717, 1.165) is 37.0 Å². The van der Waals surface area contributed by atoms with Gasteiger partial charge < -0.3 is 9.84 Å². The Kier molecular flexibility index (Phi) is 9.87. The Balaban J connectivity index is 1.73. The number of hydrogen-bond acceptors (Lipinski definition) is 5. The van der Waals surface area contributed by atoms with Gasteiger partial charge in [0.05, 0.1) is 22.3 Å². The second-order valence-corrected chi connectivity index (χ2v) is 9.68. The smallest absolute Gasteiger partial charge is 0.331 e. The van der Waals surface area contributed by atoms with Gasteiger partial charge in [-0.05, 0) is 43.7 Å². The van der Waals surface area contributed by atoms with Crippen LogP contribution in [0.3, 0.4) is 0 Å². The van der Waals surface area contributed by atoms with Crippen molar-refractivity contribution in [3.63, 3.8) is 0 Å². The van der Waals surface area contributed by atoms with Crippen LogP contribution in [0.15, 0.2) is 41.3 Å². The number of ether oxygens (including phenoxy) is 1. The Morgan fingerprint density at radius 1 is 1.19 bits per heavy atom. The van der Waals surface area contributed by atoms with Crippen molar-refractivity contribution in [1.29, 1.82) is 0 Å². The number of benzene rings is 2. The van der Waals surface area contributed by atoms with Crippen LogP contribution in [-0.2, 0) is 4.79 Å². The number of amides is 1. The molecule has 0 saturated heterocycles. The summed E-state index contributed by atoms with van der Waals surface area (Å²) in [6, 6.07) is 7.66. The van der Waals surface area contributed by atoms with Crippen molar-refractivity contribution >= 4 is 57.6 Å². The number of thiazole rings is 1. The van der Waals surface area contributed by atoms with E-state index < -0.39 is 17.7 Å². The third-order valence-electron chi connectivity index (χ3n) is 5.26. The maximum absolute atomic E-state index is 15.0. The number of nitrogens with zero attached hydrogens (tertiary/aromatic N) is 1. The summed E-state index contributed by atoms with van der Waals surface area (Å²) in [4.78, 5) is 28.2. The number of rotatable bonds is 11. The lowest BCUT2D eigenvalue weighted by molar-refractivity contribution is -0.132. The Morgan fingerprint density at radius 2 is 1.92 bits per heavy atom. The zero-order valence-electron chi connectivity index (χ0n) is 19.7. The lowest BCUT2D eigenvalue weighted by Crippen LogP contribution is -2.12. The van der Waals surface area contributed by atoms with Crippen LogP contribution >= 0.6 is 34.5 Å². The van der Waals surface area contributed by atoms with Crippen molar-refractivity contribution < 1.29 is 23.8 Å². The van der Waals surface area contributed by atoms with Crippen molar-refractivity contribution in [3.05, 3.63) is 68.3 Å². The first kappa shape index (κ1) is 27.6. The standard InChI is InChI=1S/C26H25Cl2FN2O4S/c1-3-4-5-6-10-35-22-9-7-8-17(23(22)29)21-14-36-26(30-21)31-24(32)16-12-19(27)18(20(28)13-16)11-15(2)25(33)34/h7-9,11-14H,3-6,10H2,1-2H3,(H,33,34)(H,30,31,32). The van der Waals surface area contributed by atoms with E-state index in [0.29, 0.717) is 17.9 Å². The fraction of sp³-hybridized carbons (Fsp3) is 0.269. The van der Waals surface area contributed by atoms with Gasteiger partial charge in [0.2, 0.25) is 0 Å². The summed E-state index contributed by atoms with van der Waals surface area (Å²) >= 11 is 13.6. The summed E-state index contributed by atoms with van der Waals surface area (Å²) in [6.07, 6.45) is 5.45. The van der Waals surface area contributed by atoms with Gasteiger partial charge in [0.25, 0.3) is 5.91 Å². The maximum atomic E-state index is 15.0. The zero-order valence-corrected chi connectivity index (χ0v) is 22.1. The minimum atomic E-state index is -1.11. The molecule has 1 aromatic heterocycles. The van der Waals surface area contributed by atoms with Crippen molar-refractivity contribution in [1.82, 2.24) is 4.98 Å². The van der Waals surface area contributed by atoms with Crippen LogP contribution in [0.2, 0.25) is 10.0 Å². The third kappa shape index (κ3) is 7.06. The van der Waals surface area contributed by atoms with Crippen molar-refractivity contribution in [3.8, 4) is 17.0 Å². The Labute approximate surface area is 222 Å². The molecule has 0 saturated carbocycles. The molecule has 0 aliphatic heterocycles. The number of carboxylic acid groups (broad SMARTS) is 1. The average Bonchev–Trinajstić information content (AvgIpc) is 3.29. The van der Waals surface area contributed by atoms with Gasteiger partial charge in [0.15, 0.2) is 16.7 Å². The number of carboxylic acids is 1. The minimum absolute atomic E-state index is 0.0458. The molecule has 0 aliphatic rings.